The van der Waals surface area contributed by atoms with E-state index in [9.17, 15) is 14.4 Å². The smallest absolute Gasteiger partial charge is 0.243 e. The third kappa shape index (κ3) is 5.24. The van der Waals surface area contributed by atoms with Crippen molar-refractivity contribution in [2.24, 2.45) is 0 Å². The fourth-order valence-electron chi connectivity index (χ4n) is 1.61. The molecule has 0 bridgehead atoms. The Hall–Kier alpha value is -1.47. The minimum Gasteiger partial charge on any atom is -0.385 e. The summed E-state index contributed by atoms with van der Waals surface area (Å²) in [5.74, 6) is -0.795. The van der Waals surface area contributed by atoms with Gasteiger partial charge in [0.1, 0.15) is 0 Å². The van der Waals surface area contributed by atoms with Gasteiger partial charge in [0.05, 0.1) is 12.6 Å². The number of carbonyl (C=O) groups is 3. The topological polar surface area (TPSA) is 96.5 Å². The van der Waals surface area contributed by atoms with Crippen LogP contribution in [0.1, 0.15) is 19.3 Å². The molecular formula is C11H19N3O4. The molecule has 0 aromatic rings. The summed E-state index contributed by atoms with van der Waals surface area (Å²) in [5, 5.41) is 7.75. The molecule has 1 aliphatic heterocycles. The van der Waals surface area contributed by atoms with Crippen LogP contribution < -0.4 is 16.0 Å². The Morgan fingerprint density at radius 2 is 2.28 bits per heavy atom. The summed E-state index contributed by atoms with van der Waals surface area (Å²) >= 11 is 0. The molecule has 0 saturated carbocycles. The molecular weight excluding hydrogens is 238 g/mol. The Kier molecular flexibility index (Phi) is 6.31. The minimum atomic E-state index is -0.465. The van der Waals surface area contributed by atoms with Crippen LogP contribution in [0.2, 0.25) is 0 Å². The van der Waals surface area contributed by atoms with Crippen molar-refractivity contribution < 1.29 is 19.1 Å². The predicted octanol–water partition coefficient (Wildman–Crippen LogP) is -1.47. The SMILES string of the molecule is COCCCNC(=O)CNC1CCC(=O)NC1=O. The second kappa shape index (κ2) is 7.78. The Morgan fingerprint density at radius 3 is 2.94 bits per heavy atom. The van der Waals surface area contributed by atoms with Gasteiger partial charge in [0.15, 0.2) is 0 Å². The van der Waals surface area contributed by atoms with Crippen LogP contribution in [-0.4, -0.2) is 50.6 Å². The van der Waals surface area contributed by atoms with Crippen LogP contribution in [0.4, 0.5) is 0 Å². The van der Waals surface area contributed by atoms with E-state index in [0.29, 0.717) is 26.0 Å². The molecule has 1 atom stereocenters. The number of methoxy groups -OCH3 is 1. The first-order chi connectivity index (χ1) is 8.63. The Bertz CT molecular complexity index is 319. The largest absolute Gasteiger partial charge is 0.385 e. The molecule has 1 saturated heterocycles. The van der Waals surface area contributed by atoms with Crippen LogP contribution in [0, 0.1) is 0 Å². The van der Waals surface area contributed by atoms with Crippen LogP contribution in [0.25, 0.3) is 0 Å². The Labute approximate surface area is 106 Å². The Morgan fingerprint density at radius 1 is 1.50 bits per heavy atom. The zero-order valence-electron chi connectivity index (χ0n) is 10.5. The molecule has 1 aliphatic rings. The third-order valence-electron chi connectivity index (χ3n) is 2.60. The summed E-state index contributed by atoms with van der Waals surface area (Å²) in [6, 6.07) is -0.465. The van der Waals surface area contributed by atoms with E-state index in [1.807, 2.05) is 0 Å². The fraction of sp³-hybridized carbons (Fsp3) is 0.727. The van der Waals surface area contributed by atoms with Gasteiger partial charge in [-0.25, -0.2) is 0 Å². The van der Waals surface area contributed by atoms with Crippen molar-refractivity contribution in [2.75, 3.05) is 26.8 Å². The van der Waals surface area contributed by atoms with Crippen LogP contribution >= 0.6 is 0 Å². The molecule has 0 spiro atoms. The van der Waals surface area contributed by atoms with Gasteiger partial charge in [-0.2, -0.15) is 0 Å². The maximum absolute atomic E-state index is 11.4. The molecule has 0 aliphatic carbocycles. The van der Waals surface area contributed by atoms with Gasteiger partial charge < -0.3 is 10.1 Å². The standard InChI is InChI=1S/C11H19N3O4/c1-18-6-2-5-12-10(16)7-13-8-3-4-9(15)14-11(8)17/h8,13H,2-7H2,1H3,(H,12,16)(H,14,15,17). The van der Waals surface area contributed by atoms with E-state index in [2.05, 4.69) is 16.0 Å². The fourth-order valence-corrected chi connectivity index (χ4v) is 1.61. The second-order valence-electron chi connectivity index (χ2n) is 4.08. The van der Waals surface area contributed by atoms with E-state index < -0.39 is 6.04 Å². The number of imide groups is 1. The number of amides is 3. The summed E-state index contributed by atoms with van der Waals surface area (Å²) in [6.45, 7) is 1.21. The molecule has 1 heterocycles. The second-order valence-corrected chi connectivity index (χ2v) is 4.08. The van der Waals surface area contributed by atoms with E-state index in [1.54, 1.807) is 7.11 Å². The van der Waals surface area contributed by atoms with E-state index in [1.165, 1.54) is 0 Å². The monoisotopic (exact) mass is 257 g/mol. The molecule has 0 aromatic heterocycles. The lowest BCUT2D eigenvalue weighted by molar-refractivity contribution is -0.134. The Balaban J connectivity index is 2.14. The molecule has 7 nitrogen and oxygen atoms in total. The maximum Gasteiger partial charge on any atom is 0.243 e. The number of hydrogen-bond acceptors (Lipinski definition) is 5. The van der Waals surface area contributed by atoms with E-state index in [0.717, 1.165) is 6.42 Å². The molecule has 3 amide bonds. The summed E-state index contributed by atoms with van der Waals surface area (Å²) in [5.41, 5.74) is 0. The lowest BCUT2D eigenvalue weighted by Crippen LogP contribution is -2.52. The molecule has 3 N–H and O–H groups in total. The first-order valence-corrected chi connectivity index (χ1v) is 5.96. The van der Waals surface area contributed by atoms with E-state index in [4.69, 9.17) is 4.74 Å². The van der Waals surface area contributed by atoms with Crippen molar-refractivity contribution in [2.45, 2.75) is 25.3 Å². The number of nitrogens with one attached hydrogen (secondary N) is 3. The van der Waals surface area contributed by atoms with Gasteiger partial charge in [-0.15, -0.1) is 0 Å². The minimum absolute atomic E-state index is 0.0687. The van der Waals surface area contributed by atoms with Crippen molar-refractivity contribution >= 4 is 17.7 Å². The molecule has 7 heteroatoms. The average Bonchev–Trinajstić information content (AvgIpc) is 2.33. The lowest BCUT2D eigenvalue weighted by atomic mass is 10.1. The highest BCUT2D eigenvalue weighted by molar-refractivity contribution is 6.00. The highest BCUT2D eigenvalue weighted by Crippen LogP contribution is 2.03. The first-order valence-electron chi connectivity index (χ1n) is 5.96. The molecule has 18 heavy (non-hydrogen) atoms. The zero-order valence-corrected chi connectivity index (χ0v) is 10.5. The van der Waals surface area contributed by atoms with Gasteiger partial charge >= 0.3 is 0 Å². The maximum atomic E-state index is 11.4. The van der Waals surface area contributed by atoms with E-state index in [-0.39, 0.29) is 24.3 Å². The highest BCUT2D eigenvalue weighted by atomic mass is 16.5. The van der Waals surface area contributed by atoms with Gasteiger partial charge in [0.2, 0.25) is 17.7 Å². The van der Waals surface area contributed by atoms with Crippen LogP contribution in [0.15, 0.2) is 0 Å². The molecule has 1 fully saturated rings. The van der Waals surface area contributed by atoms with Crippen molar-refractivity contribution in [1.82, 2.24) is 16.0 Å². The van der Waals surface area contributed by atoms with Crippen LogP contribution in [-0.2, 0) is 19.1 Å². The molecule has 0 aromatic carbocycles. The number of ether oxygens (including phenoxy) is 1. The number of hydrogen-bond donors (Lipinski definition) is 3. The van der Waals surface area contributed by atoms with Crippen molar-refractivity contribution in [3.8, 4) is 0 Å². The van der Waals surface area contributed by atoms with Gasteiger partial charge in [0, 0.05) is 26.7 Å². The van der Waals surface area contributed by atoms with Gasteiger partial charge in [-0.1, -0.05) is 0 Å². The molecule has 1 unspecified atom stereocenters. The summed E-state index contributed by atoms with van der Waals surface area (Å²) in [6.07, 6.45) is 1.49. The van der Waals surface area contributed by atoms with Crippen LogP contribution in [0.5, 0.6) is 0 Å². The van der Waals surface area contributed by atoms with Gasteiger partial charge in [-0.05, 0) is 12.8 Å². The summed E-state index contributed by atoms with van der Waals surface area (Å²) in [4.78, 5) is 33.7. The van der Waals surface area contributed by atoms with Crippen molar-refractivity contribution in [3.05, 3.63) is 0 Å². The average molecular weight is 257 g/mol. The summed E-state index contributed by atoms with van der Waals surface area (Å²) < 4.78 is 4.85. The number of piperidine rings is 1. The normalized spacial score (nSPS) is 19.5. The number of rotatable bonds is 7. The highest BCUT2D eigenvalue weighted by Gasteiger charge is 2.26. The quantitative estimate of drug-likeness (QED) is 0.382. The van der Waals surface area contributed by atoms with Crippen molar-refractivity contribution in [3.63, 3.8) is 0 Å². The third-order valence-corrected chi connectivity index (χ3v) is 2.60. The molecule has 1 rings (SSSR count). The first kappa shape index (κ1) is 14.6. The van der Waals surface area contributed by atoms with E-state index >= 15 is 0 Å². The predicted molar refractivity (Wildman–Crippen MR) is 63.7 cm³/mol. The zero-order chi connectivity index (χ0) is 13.4. The molecule has 102 valence electrons. The van der Waals surface area contributed by atoms with Crippen molar-refractivity contribution in [1.29, 1.82) is 0 Å². The van der Waals surface area contributed by atoms with Crippen LogP contribution in [0.3, 0.4) is 0 Å². The lowest BCUT2D eigenvalue weighted by Gasteiger charge is -2.21. The molecule has 0 radical (unpaired) electrons. The van der Waals surface area contributed by atoms with Gasteiger partial charge in [-0.3, -0.25) is 25.0 Å². The van der Waals surface area contributed by atoms with Gasteiger partial charge in [0.25, 0.3) is 0 Å². The number of carbonyl (C=O) groups excluding carboxylic acids is 3. The summed E-state index contributed by atoms with van der Waals surface area (Å²) in [7, 11) is 1.60.